The number of aliphatic carboxylic acids is 1. The van der Waals surface area contributed by atoms with Crippen LogP contribution >= 0.6 is 15.9 Å². The first-order valence-electron chi connectivity index (χ1n) is 6.52. The largest absolute Gasteiger partial charge is 0.496 e. The van der Waals surface area contributed by atoms with Crippen molar-refractivity contribution in [2.24, 2.45) is 5.92 Å². The molecule has 0 aliphatic carbocycles. The van der Waals surface area contributed by atoms with E-state index in [0.29, 0.717) is 18.8 Å². The summed E-state index contributed by atoms with van der Waals surface area (Å²) in [6.07, 6.45) is 3.31. The quantitative estimate of drug-likeness (QED) is 0.825. The van der Waals surface area contributed by atoms with Gasteiger partial charge in [-0.25, -0.2) is 0 Å². The first-order chi connectivity index (χ1) is 9.99. The van der Waals surface area contributed by atoms with Crippen molar-refractivity contribution in [3.63, 3.8) is 0 Å². The third-order valence-electron chi connectivity index (χ3n) is 3.33. The number of amides is 1. The number of rotatable bonds is 5. The zero-order valence-electron chi connectivity index (χ0n) is 11.6. The van der Waals surface area contributed by atoms with Gasteiger partial charge in [0.05, 0.1) is 13.5 Å². The SMILES string of the molecule is COc1ccc(Br)cc1C=CC(=O)N1CC(CC(=O)O)C1. The summed E-state index contributed by atoms with van der Waals surface area (Å²) in [7, 11) is 1.58. The van der Waals surface area contributed by atoms with Crippen molar-refractivity contribution in [2.45, 2.75) is 6.42 Å². The lowest BCUT2D eigenvalue weighted by molar-refractivity contribution is -0.143. The smallest absolute Gasteiger partial charge is 0.303 e. The Morgan fingerprint density at radius 2 is 2.19 bits per heavy atom. The molecule has 1 N–H and O–H groups in total. The Labute approximate surface area is 131 Å². The maximum atomic E-state index is 12.0. The van der Waals surface area contributed by atoms with Crippen LogP contribution in [0.4, 0.5) is 0 Å². The molecule has 0 aromatic heterocycles. The van der Waals surface area contributed by atoms with E-state index in [4.69, 9.17) is 9.84 Å². The normalized spacial score (nSPS) is 15.0. The summed E-state index contributed by atoms with van der Waals surface area (Å²) < 4.78 is 6.14. The maximum absolute atomic E-state index is 12.0. The van der Waals surface area contributed by atoms with Crippen molar-refractivity contribution in [3.8, 4) is 5.75 Å². The average Bonchev–Trinajstić information content (AvgIpc) is 2.39. The number of nitrogens with zero attached hydrogens (tertiary/aromatic N) is 1. The molecule has 1 aliphatic rings. The molecule has 1 aliphatic heterocycles. The minimum atomic E-state index is -0.818. The van der Waals surface area contributed by atoms with Gasteiger partial charge in [0.15, 0.2) is 0 Å². The number of carbonyl (C=O) groups excluding carboxylic acids is 1. The number of carboxylic acids is 1. The highest BCUT2D eigenvalue weighted by Gasteiger charge is 2.30. The summed E-state index contributed by atoms with van der Waals surface area (Å²) in [6, 6.07) is 5.55. The summed E-state index contributed by atoms with van der Waals surface area (Å²) in [5, 5.41) is 8.67. The van der Waals surface area contributed by atoms with Gasteiger partial charge in [0.1, 0.15) is 5.75 Å². The van der Waals surface area contributed by atoms with Crippen LogP contribution in [0.3, 0.4) is 0 Å². The molecule has 1 fully saturated rings. The Bertz CT molecular complexity index is 579. The van der Waals surface area contributed by atoms with E-state index < -0.39 is 5.97 Å². The molecule has 0 spiro atoms. The fraction of sp³-hybridized carbons (Fsp3) is 0.333. The molecule has 0 bridgehead atoms. The molecule has 112 valence electrons. The summed E-state index contributed by atoms with van der Waals surface area (Å²) in [4.78, 5) is 24.1. The first-order valence-corrected chi connectivity index (χ1v) is 7.31. The second-order valence-corrected chi connectivity index (χ2v) is 5.84. The van der Waals surface area contributed by atoms with Crippen molar-refractivity contribution < 1.29 is 19.4 Å². The lowest BCUT2D eigenvalue weighted by Gasteiger charge is -2.37. The topological polar surface area (TPSA) is 66.8 Å². The molecule has 1 aromatic rings. The standard InChI is InChI=1S/C15H16BrNO4/c1-21-13-4-3-12(16)7-11(13)2-5-14(18)17-8-10(9-17)6-15(19)20/h2-5,7,10H,6,8-9H2,1H3,(H,19,20). The molecule has 1 aromatic carbocycles. The van der Waals surface area contributed by atoms with Crippen molar-refractivity contribution in [3.05, 3.63) is 34.3 Å². The molecule has 6 heteroatoms. The maximum Gasteiger partial charge on any atom is 0.303 e. The zero-order chi connectivity index (χ0) is 15.4. The lowest BCUT2D eigenvalue weighted by atomic mass is 9.96. The fourth-order valence-corrected chi connectivity index (χ4v) is 2.61. The van der Waals surface area contributed by atoms with E-state index in [0.717, 1.165) is 10.0 Å². The lowest BCUT2D eigenvalue weighted by Crippen LogP contribution is -2.49. The van der Waals surface area contributed by atoms with Crippen LogP contribution < -0.4 is 4.74 Å². The zero-order valence-corrected chi connectivity index (χ0v) is 13.2. The molecule has 0 atom stereocenters. The van der Waals surface area contributed by atoms with Gasteiger partial charge in [-0.05, 0) is 24.3 Å². The van der Waals surface area contributed by atoms with Crippen LogP contribution in [0.15, 0.2) is 28.7 Å². The highest BCUT2D eigenvalue weighted by molar-refractivity contribution is 9.10. The average molecular weight is 354 g/mol. The highest BCUT2D eigenvalue weighted by atomic mass is 79.9. The van der Waals surface area contributed by atoms with Crippen LogP contribution in [0.2, 0.25) is 0 Å². The van der Waals surface area contributed by atoms with Gasteiger partial charge in [-0.3, -0.25) is 9.59 Å². The van der Waals surface area contributed by atoms with Crippen molar-refractivity contribution in [1.82, 2.24) is 4.90 Å². The van der Waals surface area contributed by atoms with Gasteiger partial charge < -0.3 is 14.7 Å². The van der Waals surface area contributed by atoms with Crippen LogP contribution in [0.1, 0.15) is 12.0 Å². The van der Waals surface area contributed by atoms with E-state index in [1.54, 1.807) is 18.1 Å². The number of carbonyl (C=O) groups is 2. The Balaban J connectivity index is 1.95. The number of benzene rings is 1. The van der Waals surface area contributed by atoms with E-state index in [1.165, 1.54) is 6.08 Å². The van der Waals surface area contributed by atoms with Gasteiger partial charge in [0.2, 0.25) is 5.91 Å². The van der Waals surface area contributed by atoms with Gasteiger partial charge in [-0.2, -0.15) is 0 Å². The molecule has 1 saturated heterocycles. The van der Waals surface area contributed by atoms with E-state index >= 15 is 0 Å². The summed E-state index contributed by atoms with van der Waals surface area (Å²) in [5.41, 5.74) is 0.808. The van der Waals surface area contributed by atoms with E-state index in [9.17, 15) is 9.59 Å². The number of carboxylic acid groups (broad SMARTS) is 1. The van der Waals surface area contributed by atoms with Crippen molar-refractivity contribution in [1.29, 1.82) is 0 Å². The first kappa shape index (κ1) is 15.6. The Morgan fingerprint density at radius 3 is 2.81 bits per heavy atom. The number of likely N-dealkylation sites (tertiary alicyclic amines) is 1. The van der Waals surface area contributed by atoms with Crippen molar-refractivity contribution >= 4 is 33.9 Å². The molecule has 1 heterocycles. The summed E-state index contributed by atoms with van der Waals surface area (Å²) >= 11 is 3.38. The predicted molar refractivity (Wildman–Crippen MR) is 82.1 cm³/mol. The van der Waals surface area contributed by atoms with E-state index in [-0.39, 0.29) is 18.2 Å². The fourth-order valence-electron chi connectivity index (χ4n) is 2.23. The molecule has 1 amide bonds. The molecular formula is C15H16BrNO4. The number of ether oxygens (including phenoxy) is 1. The van der Waals surface area contributed by atoms with Crippen LogP contribution in [0, 0.1) is 5.92 Å². The Morgan fingerprint density at radius 1 is 1.48 bits per heavy atom. The van der Waals surface area contributed by atoms with Gasteiger partial charge in [-0.1, -0.05) is 15.9 Å². The number of hydrogen-bond acceptors (Lipinski definition) is 3. The number of hydrogen-bond donors (Lipinski definition) is 1. The summed E-state index contributed by atoms with van der Waals surface area (Å²) in [5.74, 6) is -0.171. The third kappa shape index (κ3) is 4.07. The van der Waals surface area contributed by atoms with Gasteiger partial charge in [0, 0.05) is 35.1 Å². The van der Waals surface area contributed by atoms with E-state index in [2.05, 4.69) is 15.9 Å². The van der Waals surface area contributed by atoms with Crippen LogP contribution in [0.25, 0.3) is 6.08 Å². The van der Waals surface area contributed by atoms with Gasteiger partial charge in [0.25, 0.3) is 0 Å². The highest BCUT2D eigenvalue weighted by Crippen LogP contribution is 2.25. The monoisotopic (exact) mass is 353 g/mol. The Hall–Kier alpha value is -1.82. The Kier molecular flexibility index (Phi) is 5.01. The van der Waals surface area contributed by atoms with Crippen LogP contribution in [0.5, 0.6) is 5.75 Å². The summed E-state index contributed by atoms with van der Waals surface area (Å²) in [6.45, 7) is 1.01. The molecule has 0 unspecified atom stereocenters. The van der Waals surface area contributed by atoms with Gasteiger partial charge in [-0.15, -0.1) is 0 Å². The molecule has 0 radical (unpaired) electrons. The van der Waals surface area contributed by atoms with Gasteiger partial charge >= 0.3 is 5.97 Å². The number of methoxy groups -OCH3 is 1. The molecule has 21 heavy (non-hydrogen) atoms. The molecule has 2 rings (SSSR count). The predicted octanol–water partition coefficient (Wildman–Crippen LogP) is 2.40. The van der Waals surface area contributed by atoms with Crippen LogP contribution in [-0.4, -0.2) is 42.1 Å². The number of halogens is 1. The molecule has 0 saturated carbocycles. The molecule has 5 nitrogen and oxygen atoms in total. The minimum Gasteiger partial charge on any atom is -0.496 e. The van der Waals surface area contributed by atoms with Crippen LogP contribution in [-0.2, 0) is 9.59 Å². The minimum absolute atomic E-state index is 0.0697. The second-order valence-electron chi connectivity index (χ2n) is 4.93. The second kappa shape index (κ2) is 6.76. The third-order valence-corrected chi connectivity index (χ3v) is 3.82. The van der Waals surface area contributed by atoms with Crippen molar-refractivity contribution in [2.75, 3.05) is 20.2 Å². The van der Waals surface area contributed by atoms with E-state index in [1.807, 2.05) is 18.2 Å². The molecular weight excluding hydrogens is 338 g/mol.